The minimum absolute atomic E-state index is 0.175. The van der Waals surface area contributed by atoms with Crippen molar-refractivity contribution in [3.8, 4) is 5.75 Å². The molecule has 6 heteroatoms. The molecular formula is C22H22ClNO4. The summed E-state index contributed by atoms with van der Waals surface area (Å²) in [7, 11) is 1.27. The summed E-state index contributed by atoms with van der Waals surface area (Å²) in [6.07, 6.45) is 6.87. The molecule has 0 bridgehead atoms. The summed E-state index contributed by atoms with van der Waals surface area (Å²) in [5, 5.41) is 3.04. The summed E-state index contributed by atoms with van der Waals surface area (Å²) in [6.45, 7) is -0.175. The molecule has 146 valence electrons. The molecule has 0 aliphatic heterocycles. The number of rotatable bonds is 6. The van der Waals surface area contributed by atoms with Crippen LogP contribution in [-0.4, -0.2) is 25.6 Å². The number of carbonyl (C=O) groups excluding carboxylic acids is 2. The lowest BCUT2D eigenvalue weighted by molar-refractivity contribution is -0.118. The smallest absolute Gasteiger partial charge is 0.340 e. The minimum Gasteiger partial charge on any atom is -0.484 e. The third-order valence-corrected chi connectivity index (χ3v) is 4.76. The zero-order valence-electron chi connectivity index (χ0n) is 15.7. The predicted molar refractivity (Wildman–Crippen MR) is 110 cm³/mol. The fourth-order valence-electron chi connectivity index (χ4n) is 3.13. The molecule has 1 aliphatic rings. The highest BCUT2D eigenvalue weighted by Crippen LogP contribution is 2.28. The van der Waals surface area contributed by atoms with E-state index in [0.29, 0.717) is 16.5 Å². The Labute approximate surface area is 169 Å². The molecule has 1 N–H and O–H groups in total. The Balaban J connectivity index is 1.64. The molecule has 2 aromatic rings. The molecule has 0 unspecified atom stereocenters. The first-order chi connectivity index (χ1) is 13.6. The van der Waals surface area contributed by atoms with Gasteiger partial charge in [0.2, 0.25) is 0 Å². The van der Waals surface area contributed by atoms with E-state index in [1.54, 1.807) is 12.1 Å². The second-order valence-electron chi connectivity index (χ2n) is 6.52. The van der Waals surface area contributed by atoms with Gasteiger partial charge in [0.1, 0.15) is 5.75 Å². The van der Waals surface area contributed by atoms with E-state index in [1.165, 1.54) is 31.6 Å². The number of amides is 1. The maximum Gasteiger partial charge on any atom is 0.340 e. The lowest BCUT2D eigenvalue weighted by atomic mass is 9.94. The molecule has 3 rings (SSSR count). The zero-order chi connectivity index (χ0) is 19.9. The van der Waals surface area contributed by atoms with E-state index in [4.69, 9.17) is 21.1 Å². The number of carbonyl (C=O) groups is 2. The first-order valence-electron chi connectivity index (χ1n) is 9.17. The number of esters is 1. The quantitative estimate of drug-likeness (QED) is 0.686. The summed E-state index contributed by atoms with van der Waals surface area (Å²) in [6, 6.07) is 12.3. The lowest BCUT2D eigenvalue weighted by Gasteiger charge is -2.14. The Morgan fingerprint density at radius 1 is 1.14 bits per heavy atom. The van der Waals surface area contributed by atoms with E-state index in [1.807, 2.05) is 18.2 Å². The van der Waals surface area contributed by atoms with E-state index >= 15 is 0 Å². The molecule has 0 spiro atoms. The van der Waals surface area contributed by atoms with Crippen molar-refractivity contribution in [2.75, 3.05) is 19.0 Å². The first kappa shape index (κ1) is 20.0. The van der Waals surface area contributed by atoms with Gasteiger partial charge in [-0.05, 0) is 67.2 Å². The van der Waals surface area contributed by atoms with Crippen LogP contribution in [0, 0.1) is 0 Å². The van der Waals surface area contributed by atoms with Gasteiger partial charge >= 0.3 is 5.97 Å². The molecule has 0 radical (unpaired) electrons. The van der Waals surface area contributed by atoms with Crippen LogP contribution in [0.3, 0.4) is 0 Å². The van der Waals surface area contributed by atoms with Crippen LogP contribution in [0.5, 0.6) is 5.75 Å². The van der Waals surface area contributed by atoms with Gasteiger partial charge in [-0.15, -0.1) is 0 Å². The average molecular weight is 400 g/mol. The molecule has 0 saturated carbocycles. The van der Waals surface area contributed by atoms with Crippen LogP contribution < -0.4 is 10.1 Å². The molecule has 1 amide bonds. The summed E-state index contributed by atoms with van der Waals surface area (Å²) < 4.78 is 10.4. The number of anilines is 1. The molecule has 1 aliphatic carbocycles. The number of allylic oxidation sites excluding steroid dienone is 2. The van der Waals surface area contributed by atoms with E-state index in [2.05, 4.69) is 17.5 Å². The lowest BCUT2D eigenvalue weighted by Crippen LogP contribution is -2.21. The largest absolute Gasteiger partial charge is 0.484 e. The van der Waals surface area contributed by atoms with Crippen molar-refractivity contribution in [3.05, 3.63) is 64.7 Å². The second kappa shape index (κ2) is 9.42. The average Bonchev–Trinajstić information content (AvgIpc) is 2.74. The van der Waals surface area contributed by atoms with Crippen LogP contribution in [0.4, 0.5) is 5.69 Å². The number of ether oxygens (including phenoxy) is 2. The van der Waals surface area contributed by atoms with Crippen molar-refractivity contribution >= 4 is 34.7 Å². The summed E-state index contributed by atoms with van der Waals surface area (Å²) >= 11 is 5.92. The number of hydrogen-bond acceptors (Lipinski definition) is 4. The maximum absolute atomic E-state index is 12.3. The second-order valence-corrected chi connectivity index (χ2v) is 6.96. The van der Waals surface area contributed by atoms with Crippen molar-refractivity contribution in [3.63, 3.8) is 0 Å². The minimum atomic E-state index is -0.577. The number of benzene rings is 2. The van der Waals surface area contributed by atoms with Gasteiger partial charge in [0.05, 0.1) is 18.4 Å². The standard InChI is InChI=1S/C22H22ClNO4/c1-27-22(26)19-13-17(23)10-11-20(19)24-21(25)14-28-18-9-5-8-16(12-18)15-6-3-2-4-7-15/h5-6,8-13H,2-4,7,14H2,1H3,(H,24,25). The van der Waals surface area contributed by atoms with Crippen molar-refractivity contribution < 1.29 is 19.1 Å². The third-order valence-electron chi connectivity index (χ3n) is 4.53. The molecule has 0 heterocycles. The number of methoxy groups -OCH3 is 1. The van der Waals surface area contributed by atoms with Crippen LogP contribution >= 0.6 is 11.6 Å². The fourth-order valence-corrected chi connectivity index (χ4v) is 3.30. The van der Waals surface area contributed by atoms with Gasteiger partial charge < -0.3 is 14.8 Å². The predicted octanol–water partition coefficient (Wildman–Crippen LogP) is 5.10. The molecule has 0 fully saturated rings. The van der Waals surface area contributed by atoms with Crippen LogP contribution in [0.1, 0.15) is 41.6 Å². The molecule has 0 atom stereocenters. The van der Waals surface area contributed by atoms with Crippen LogP contribution in [0.15, 0.2) is 48.5 Å². The van der Waals surface area contributed by atoms with E-state index in [9.17, 15) is 9.59 Å². The Kier molecular flexibility index (Phi) is 6.71. The van der Waals surface area contributed by atoms with E-state index in [-0.39, 0.29) is 18.1 Å². The van der Waals surface area contributed by atoms with Crippen LogP contribution in [0.25, 0.3) is 5.57 Å². The Morgan fingerprint density at radius 2 is 2.00 bits per heavy atom. The van der Waals surface area contributed by atoms with Crippen molar-refractivity contribution in [2.45, 2.75) is 25.7 Å². The maximum atomic E-state index is 12.3. The van der Waals surface area contributed by atoms with Gasteiger partial charge in [-0.25, -0.2) is 4.79 Å². The monoisotopic (exact) mass is 399 g/mol. The van der Waals surface area contributed by atoms with Gasteiger partial charge in [-0.3, -0.25) is 4.79 Å². The molecule has 2 aromatic carbocycles. The van der Waals surface area contributed by atoms with Gasteiger partial charge in [-0.1, -0.05) is 29.8 Å². The molecule has 5 nitrogen and oxygen atoms in total. The first-order valence-corrected chi connectivity index (χ1v) is 9.54. The number of halogens is 1. The van der Waals surface area contributed by atoms with Crippen LogP contribution in [-0.2, 0) is 9.53 Å². The SMILES string of the molecule is COC(=O)c1cc(Cl)ccc1NC(=O)COc1cccc(C2=CCCCC2)c1. The Bertz CT molecular complexity index is 907. The van der Waals surface area contributed by atoms with E-state index in [0.717, 1.165) is 18.4 Å². The summed E-state index contributed by atoms with van der Waals surface area (Å²) in [4.78, 5) is 24.2. The molecule has 28 heavy (non-hydrogen) atoms. The van der Waals surface area contributed by atoms with Crippen LogP contribution in [0.2, 0.25) is 5.02 Å². The summed E-state index contributed by atoms with van der Waals surface area (Å²) in [5.41, 5.74) is 2.97. The van der Waals surface area contributed by atoms with Gasteiger partial charge in [0.25, 0.3) is 5.91 Å². The summed E-state index contributed by atoms with van der Waals surface area (Å²) in [5.74, 6) is -0.328. The number of hydrogen-bond donors (Lipinski definition) is 1. The van der Waals surface area contributed by atoms with Gasteiger partial charge in [0, 0.05) is 5.02 Å². The number of nitrogens with one attached hydrogen (secondary N) is 1. The van der Waals surface area contributed by atoms with Crippen molar-refractivity contribution in [1.82, 2.24) is 0 Å². The normalized spacial score (nSPS) is 13.4. The highest BCUT2D eigenvalue weighted by Gasteiger charge is 2.15. The molecule has 0 aromatic heterocycles. The Morgan fingerprint density at radius 3 is 2.75 bits per heavy atom. The fraction of sp³-hybridized carbons (Fsp3) is 0.273. The molecular weight excluding hydrogens is 378 g/mol. The van der Waals surface area contributed by atoms with E-state index < -0.39 is 5.97 Å². The Hall–Kier alpha value is -2.79. The van der Waals surface area contributed by atoms with Crippen molar-refractivity contribution in [2.24, 2.45) is 0 Å². The third kappa shape index (κ3) is 5.14. The zero-order valence-corrected chi connectivity index (χ0v) is 16.4. The topological polar surface area (TPSA) is 64.6 Å². The van der Waals surface area contributed by atoms with Gasteiger partial charge in [-0.2, -0.15) is 0 Å². The van der Waals surface area contributed by atoms with Gasteiger partial charge in [0.15, 0.2) is 6.61 Å². The van der Waals surface area contributed by atoms with Crippen molar-refractivity contribution in [1.29, 1.82) is 0 Å². The highest BCUT2D eigenvalue weighted by atomic mass is 35.5. The highest BCUT2D eigenvalue weighted by molar-refractivity contribution is 6.31. The molecule has 0 saturated heterocycles.